The molecule has 0 aromatic heterocycles. The molecule has 0 spiro atoms. The summed E-state index contributed by atoms with van der Waals surface area (Å²) in [5, 5.41) is 0. The van der Waals surface area contributed by atoms with E-state index in [1.54, 1.807) is 56.4 Å². The van der Waals surface area contributed by atoms with Crippen LogP contribution in [0.1, 0.15) is 65.1 Å². The van der Waals surface area contributed by atoms with Crippen LogP contribution >= 0.6 is 0 Å². The van der Waals surface area contributed by atoms with Gasteiger partial charge in [0, 0.05) is 38.3 Å². The molecule has 2 rings (SSSR count). The third kappa shape index (κ3) is 7.91. The lowest BCUT2D eigenvalue weighted by Gasteiger charge is -2.23. The van der Waals surface area contributed by atoms with Crippen molar-refractivity contribution in [2.24, 2.45) is 0 Å². The maximum Gasteiger partial charge on any atom is 0.257 e. The average molecular weight is 543 g/mol. The van der Waals surface area contributed by atoms with Gasteiger partial charge in [-0.1, -0.05) is 6.08 Å². The molecule has 0 fully saturated rings. The molecule has 0 atom stereocenters. The molecule has 0 saturated carbocycles. The second-order valence-corrected chi connectivity index (χ2v) is 8.73. The van der Waals surface area contributed by atoms with Crippen molar-refractivity contribution in [1.29, 1.82) is 0 Å². The SMILES string of the molecule is C=CCc1c(C)c(OC)cc(OC)c1C(=O)N(CC)CC.CCN(CC)C(=O)c1cc(C)c(OC)cc1OC. The van der Waals surface area contributed by atoms with Crippen molar-refractivity contribution in [3.63, 3.8) is 0 Å². The number of carbonyl (C=O) groups is 2. The molecule has 2 aromatic rings. The fourth-order valence-electron chi connectivity index (χ4n) is 4.37. The van der Waals surface area contributed by atoms with E-state index >= 15 is 0 Å². The quantitative estimate of drug-likeness (QED) is 0.320. The second kappa shape index (κ2) is 16.3. The molecule has 39 heavy (non-hydrogen) atoms. The van der Waals surface area contributed by atoms with E-state index in [1.807, 2.05) is 47.6 Å². The third-order valence-corrected chi connectivity index (χ3v) is 6.68. The van der Waals surface area contributed by atoms with Crippen LogP contribution < -0.4 is 18.9 Å². The predicted molar refractivity (Wildman–Crippen MR) is 157 cm³/mol. The summed E-state index contributed by atoms with van der Waals surface area (Å²) >= 11 is 0. The van der Waals surface area contributed by atoms with E-state index in [1.165, 1.54) is 0 Å². The first-order chi connectivity index (χ1) is 18.6. The van der Waals surface area contributed by atoms with Crippen LogP contribution in [0.2, 0.25) is 0 Å². The van der Waals surface area contributed by atoms with Crippen LogP contribution in [-0.4, -0.2) is 76.2 Å². The largest absolute Gasteiger partial charge is 0.496 e. The second-order valence-electron chi connectivity index (χ2n) is 8.73. The smallest absolute Gasteiger partial charge is 0.257 e. The normalized spacial score (nSPS) is 10.1. The van der Waals surface area contributed by atoms with Gasteiger partial charge in [-0.3, -0.25) is 9.59 Å². The van der Waals surface area contributed by atoms with Crippen LogP contribution in [0.4, 0.5) is 0 Å². The van der Waals surface area contributed by atoms with Gasteiger partial charge in [0.2, 0.25) is 0 Å². The Morgan fingerprint density at radius 2 is 1.18 bits per heavy atom. The predicted octanol–water partition coefficient (Wildman–Crippen LogP) is 5.72. The molecular formula is C31H46N2O6. The van der Waals surface area contributed by atoms with Gasteiger partial charge in [0.15, 0.2) is 0 Å². The van der Waals surface area contributed by atoms with Crippen LogP contribution in [0, 0.1) is 13.8 Å². The number of benzene rings is 2. The van der Waals surface area contributed by atoms with Crippen molar-refractivity contribution >= 4 is 11.8 Å². The van der Waals surface area contributed by atoms with E-state index in [0.717, 1.165) is 28.2 Å². The number of rotatable bonds is 12. The number of allylic oxidation sites excluding steroid dienone is 1. The summed E-state index contributed by atoms with van der Waals surface area (Å²) in [7, 11) is 6.35. The summed E-state index contributed by atoms with van der Waals surface area (Å²) in [6.07, 6.45) is 2.39. The van der Waals surface area contributed by atoms with Gasteiger partial charge >= 0.3 is 0 Å². The van der Waals surface area contributed by atoms with Gasteiger partial charge in [-0.2, -0.15) is 0 Å². The van der Waals surface area contributed by atoms with Crippen molar-refractivity contribution < 1.29 is 28.5 Å². The highest BCUT2D eigenvalue weighted by Crippen LogP contribution is 2.35. The Balaban J connectivity index is 0.000000395. The maximum atomic E-state index is 12.8. The zero-order valence-corrected chi connectivity index (χ0v) is 25.4. The Hall–Kier alpha value is -3.68. The molecule has 0 radical (unpaired) electrons. The van der Waals surface area contributed by atoms with E-state index in [9.17, 15) is 9.59 Å². The number of hydrogen-bond acceptors (Lipinski definition) is 6. The minimum atomic E-state index is -0.0144. The monoisotopic (exact) mass is 542 g/mol. The lowest BCUT2D eigenvalue weighted by Crippen LogP contribution is -2.31. The van der Waals surface area contributed by atoms with Crippen LogP contribution in [0.3, 0.4) is 0 Å². The molecule has 0 aliphatic heterocycles. The molecule has 8 nitrogen and oxygen atoms in total. The fourth-order valence-corrected chi connectivity index (χ4v) is 4.37. The van der Waals surface area contributed by atoms with Crippen molar-refractivity contribution in [3.8, 4) is 23.0 Å². The number of hydrogen-bond donors (Lipinski definition) is 0. The van der Waals surface area contributed by atoms with Gasteiger partial charge in [0.25, 0.3) is 11.8 Å². The zero-order chi connectivity index (χ0) is 29.7. The summed E-state index contributed by atoms with van der Waals surface area (Å²) in [5.41, 5.74) is 3.99. The van der Waals surface area contributed by atoms with Gasteiger partial charge in [-0.15, -0.1) is 6.58 Å². The molecule has 8 heteroatoms. The Morgan fingerprint density at radius 3 is 1.62 bits per heavy atom. The number of aryl methyl sites for hydroxylation is 1. The Bertz CT molecular complexity index is 1120. The van der Waals surface area contributed by atoms with E-state index < -0.39 is 0 Å². The topological polar surface area (TPSA) is 77.5 Å². The van der Waals surface area contributed by atoms with Crippen molar-refractivity contribution in [2.75, 3.05) is 54.6 Å². The molecule has 0 N–H and O–H groups in total. The number of ether oxygens (including phenoxy) is 4. The lowest BCUT2D eigenvalue weighted by atomic mass is 9.96. The third-order valence-electron chi connectivity index (χ3n) is 6.68. The van der Waals surface area contributed by atoms with Gasteiger partial charge in [-0.05, 0) is 70.7 Å². The maximum absolute atomic E-state index is 12.8. The Morgan fingerprint density at radius 1 is 0.718 bits per heavy atom. The summed E-state index contributed by atoms with van der Waals surface area (Å²) in [6, 6.07) is 5.35. The lowest BCUT2D eigenvalue weighted by molar-refractivity contribution is 0.0760. The molecule has 0 saturated heterocycles. The van der Waals surface area contributed by atoms with Gasteiger partial charge in [0.1, 0.15) is 23.0 Å². The van der Waals surface area contributed by atoms with Crippen LogP contribution in [0.5, 0.6) is 23.0 Å². The Labute approximate surface area is 234 Å². The number of carbonyl (C=O) groups excluding carboxylic acids is 2. The molecule has 0 unspecified atom stereocenters. The summed E-state index contributed by atoms with van der Waals surface area (Å²) in [4.78, 5) is 28.7. The zero-order valence-electron chi connectivity index (χ0n) is 25.4. The van der Waals surface area contributed by atoms with E-state index in [4.69, 9.17) is 18.9 Å². The first-order valence-corrected chi connectivity index (χ1v) is 13.3. The highest BCUT2D eigenvalue weighted by molar-refractivity contribution is 5.99. The minimum absolute atomic E-state index is 0.0115. The molecule has 0 aliphatic rings. The molecule has 2 amide bonds. The van der Waals surface area contributed by atoms with Gasteiger partial charge in [-0.25, -0.2) is 0 Å². The average Bonchev–Trinajstić information content (AvgIpc) is 2.95. The molecule has 216 valence electrons. The van der Waals surface area contributed by atoms with Crippen LogP contribution in [0.25, 0.3) is 0 Å². The number of amides is 2. The van der Waals surface area contributed by atoms with Gasteiger partial charge < -0.3 is 28.7 Å². The Kier molecular flexibility index (Phi) is 14.0. The standard InChI is InChI=1S/C17H25NO3.C14H21NO3/c1-7-10-13-12(4)14(20-5)11-15(21-6)16(13)17(19)18(8-2)9-3;1-6-15(7-2)14(16)11-8-10(3)12(17-4)9-13(11)18-5/h7,11H,1,8-10H2,2-6H3;8-9H,6-7H2,1-5H3. The summed E-state index contributed by atoms with van der Waals surface area (Å²) in [6.45, 7) is 18.2. The van der Waals surface area contributed by atoms with Gasteiger partial charge in [0.05, 0.1) is 39.6 Å². The van der Waals surface area contributed by atoms with Crippen molar-refractivity contribution in [3.05, 3.63) is 58.7 Å². The first kappa shape index (κ1) is 33.3. The van der Waals surface area contributed by atoms with E-state index in [0.29, 0.717) is 55.2 Å². The molecule has 2 aromatic carbocycles. The highest BCUT2D eigenvalue weighted by Gasteiger charge is 2.24. The van der Waals surface area contributed by atoms with Crippen molar-refractivity contribution in [1.82, 2.24) is 9.80 Å². The molecule has 0 aliphatic carbocycles. The number of methoxy groups -OCH3 is 4. The molecular weight excluding hydrogens is 496 g/mol. The minimum Gasteiger partial charge on any atom is -0.496 e. The van der Waals surface area contributed by atoms with Crippen molar-refractivity contribution in [2.45, 2.75) is 48.0 Å². The summed E-state index contributed by atoms with van der Waals surface area (Å²) in [5.74, 6) is 2.52. The molecule has 0 bridgehead atoms. The first-order valence-electron chi connectivity index (χ1n) is 13.3. The molecule has 0 heterocycles. The fraction of sp³-hybridized carbons (Fsp3) is 0.484. The summed E-state index contributed by atoms with van der Waals surface area (Å²) < 4.78 is 21.3. The number of nitrogens with zero attached hydrogens (tertiary/aromatic N) is 2. The highest BCUT2D eigenvalue weighted by atomic mass is 16.5. The van der Waals surface area contributed by atoms with Crippen LogP contribution in [-0.2, 0) is 6.42 Å². The van der Waals surface area contributed by atoms with Crippen LogP contribution in [0.15, 0.2) is 30.9 Å². The van der Waals surface area contributed by atoms with E-state index in [-0.39, 0.29) is 11.8 Å². The van der Waals surface area contributed by atoms with E-state index in [2.05, 4.69) is 6.58 Å².